The van der Waals surface area contributed by atoms with Crippen LogP contribution in [0, 0.1) is 0 Å². The average molecular weight is 293 g/mol. The van der Waals surface area contributed by atoms with Crippen LogP contribution >= 0.6 is 0 Å². The summed E-state index contributed by atoms with van der Waals surface area (Å²) in [6, 6.07) is 13.8. The van der Waals surface area contributed by atoms with Crippen molar-refractivity contribution < 1.29 is 5.11 Å². The lowest BCUT2D eigenvalue weighted by Gasteiger charge is -2.32. The molecule has 4 rings (SSSR count). The molecule has 0 amide bonds. The zero-order valence-corrected chi connectivity index (χ0v) is 12.4. The maximum Gasteiger partial charge on any atom is 0.152 e. The lowest BCUT2D eigenvalue weighted by molar-refractivity contribution is 0.466. The van der Waals surface area contributed by atoms with Gasteiger partial charge in [0.1, 0.15) is 5.69 Å². The minimum atomic E-state index is 0.319. The first kappa shape index (κ1) is 13.2. The maximum absolute atomic E-state index is 10.8. The van der Waals surface area contributed by atoms with Gasteiger partial charge in [0.2, 0.25) is 0 Å². The molecule has 3 aromatic rings. The van der Waals surface area contributed by atoms with E-state index >= 15 is 0 Å². The number of hydrogen-bond acceptors (Lipinski definition) is 3. The van der Waals surface area contributed by atoms with Gasteiger partial charge in [-0.05, 0) is 43.5 Å². The minimum absolute atomic E-state index is 0.319. The predicted octanol–water partition coefficient (Wildman–Crippen LogP) is 3.53. The second kappa shape index (κ2) is 5.37. The van der Waals surface area contributed by atoms with E-state index in [0.717, 1.165) is 35.4 Å². The lowest BCUT2D eigenvalue weighted by atomic mass is 10.2. The topological polar surface area (TPSA) is 41.3 Å². The number of piperidine rings is 1. The van der Waals surface area contributed by atoms with E-state index in [-0.39, 0.29) is 0 Å². The van der Waals surface area contributed by atoms with E-state index in [1.807, 2.05) is 36.4 Å². The molecular formula is C18H19N3O. The zero-order valence-electron chi connectivity index (χ0n) is 12.4. The van der Waals surface area contributed by atoms with Gasteiger partial charge in [-0.25, -0.2) is 0 Å². The molecule has 1 aromatic carbocycles. The second-order valence-corrected chi connectivity index (χ2v) is 5.76. The first-order valence-corrected chi connectivity index (χ1v) is 7.85. The Morgan fingerprint density at radius 3 is 2.45 bits per heavy atom. The third kappa shape index (κ3) is 2.03. The van der Waals surface area contributed by atoms with Crippen LogP contribution in [0.15, 0.2) is 48.7 Å². The fourth-order valence-electron chi connectivity index (χ4n) is 3.31. The van der Waals surface area contributed by atoms with Crippen LogP contribution in [0.25, 0.3) is 22.3 Å². The summed E-state index contributed by atoms with van der Waals surface area (Å²) in [5.41, 5.74) is 2.65. The molecule has 112 valence electrons. The van der Waals surface area contributed by atoms with Gasteiger partial charge in [0, 0.05) is 24.7 Å². The van der Waals surface area contributed by atoms with Gasteiger partial charge in [-0.3, -0.25) is 9.66 Å². The average Bonchev–Trinajstić information content (AvgIpc) is 2.90. The van der Waals surface area contributed by atoms with E-state index in [1.165, 1.54) is 19.3 Å². The molecule has 4 nitrogen and oxygen atoms in total. The third-order valence-electron chi connectivity index (χ3n) is 4.35. The van der Waals surface area contributed by atoms with E-state index in [2.05, 4.69) is 20.7 Å². The molecule has 0 atom stereocenters. The van der Waals surface area contributed by atoms with Crippen LogP contribution < -0.4 is 5.01 Å². The van der Waals surface area contributed by atoms with Crippen LogP contribution in [0.4, 0.5) is 0 Å². The van der Waals surface area contributed by atoms with Crippen molar-refractivity contribution >= 4 is 10.9 Å². The van der Waals surface area contributed by atoms with Crippen molar-refractivity contribution in [2.45, 2.75) is 19.3 Å². The molecule has 4 heteroatoms. The standard InChI is InChI=1S/C18H19N3O/c22-18-14-8-2-3-10-16(14)21(20-12-6-1-7-13-20)17(18)15-9-4-5-11-19-15/h2-5,8-11,22H,1,6-7,12-13H2. The summed E-state index contributed by atoms with van der Waals surface area (Å²) < 4.78 is 2.16. The van der Waals surface area contributed by atoms with Crippen molar-refractivity contribution in [3.8, 4) is 17.1 Å². The van der Waals surface area contributed by atoms with Gasteiger partial charge in [-0.15, -0.1) is 0 Å². The van der Waals surface area contributed by atoms with E-state index in [1.54, 1.807) is 6.20 Å². The van der Waals surface area contributed by atoms with Crippen LogP contribution in [-0.4, -0.2) is 27.9 Å². The van der Waals surface area contributed by atoms with Crippen LogP contribution in [0.3, 0.4) is 0 Å². The number of benzene rings is 1. The zero-order chi connectivity index (χ0) is 14.9. The molecule has 2 aromatic heterocycles. The molecule has 0 bridgehead atoms. The Labute approximate surface area is 129 Å². The minimum Gasteiger partial charge on any atom is -0.505 e. The van der Waals surface area contributed by atoms with Crippen molar-refractivity contribution in [1.29, 1.82) is 0 Å². The summed E-state index contributed by atoms with van der Waals surface area (Å²) >= 11 is 0. The summed E-state index contributed by atoms with van der Waals surface area (Å²) in [7, 11) is 0. The van der Waals surface area contributed by atoms with Gasteiger partial charge in [-0.2, -0.15) is 0 Å². The first-order chi connectivity index (χ1) is 10.9. The van der Waals surface area contributed by atoms with Crippen molar-refractivity contribution in [1.82, 2.24) is 9.66 Å². The van der Waals surface area contributed by atoms with Crippen LogP contribution in [0.5, 0.6) is 5.75 Å². The van der Waals surface area contributed by atoms with Gasteiger partial charge in [0.25, 0.3) is 0 Å². The number of aromatic hydroxyl groups is 1. The third-order valence-corrected chi connectivity index (χ3v) is 4.35. The smallest absolute Gasteiger partial charge is 0.152 e. The highest BCUT2D eigenvalue weighted by Gasteiger charge is 2.23. The van der Waals surface area contributed by atoms with Crippen LogP contribution in [-0.2, 0) is 0 Å². The highest BCUT2D eigenvalue weighted by atomic mass is 16.3. The highest BCUT2D eigenvalue weighted by molar-refractivity contribution is 5.94. The van der Waals surface area contributed by atoms with E-state index in [9.17, 15) is 5.11 Å². The molecule has 1 aliphatic rings. The Morgan fingerprint density at radius 2 is 1.68 bits per heavy atom. The first-order valence-electron chi connectivity index (χ1n) is 7.85. The maximum atomic E-state index is 10.8. The summed E-state index contributed by atoms with van der Waals surface area (Å²) in [5, 5.41) is 14.0. The quantitative estimate of drug-likeness (QED) is 0.786. The molecule has 3 heterocycles. The van der Waals surface area contributed by atoms with Crippen LogP contribution in [0.1, 0.15) is 19.3 Å². The Kier molecular flexibility index (Phi) is 3.22. The second-order valence-electron chi connectivity index (χ2n) is 5.76. The normalized spacial score (nSPS) is 15.4. The number of fused-ring (bicyclic) bond motifs is 1. The molecule has 0 spiro atoms. The molecule has 1 N–H and O–H groups in total. The highest BCUT2D eigenvalue weighted by Crippen LogP contribution is 2.38. The number of aromatic nitrogens is 2. The Bertz CT molecular complexity index is 789. The largest absolute Gasteiger partial charge is 0.505 e. The molecule has 0 unspecified atom stereocenters. The number of para-hydroxylation sites is 1. The summed E-state index contributed by atoms with van der Waals surface area (Å²) in [4.78, 5) is 4.45. The van der Waals surface area contributed by atoms with Gasteiger partial charge in [0.05, 0.1) is 11.2 Å². The molecule has 1 aliphatic heterocycles. The SMILES string of the molecule is Oc1c(-c2ccccn2)n(N2CCCCC2)c2ccccc12. The summed E-state index contributed by atoms with van der Waals surface area (Å²) in [6.45, 7) is 2.02. The number of nitrogens with zero attached hydrogens (tertiary/aromatic N) is 3. The number of pyridine rings is 1. The molecule has 0 aliphatic carbocycles. The van der Waals surface area contributed by atoms with Gasteiger partial charge >= 0.3 is 0 Å². The van der Waals surface area contributed by atoms with Crippen LogP contribution in [0.2, 0.25) is 0 Å². The molecular weight excluding hydrogens is 274 g/mol. The fraction of sp³-hybridized carbons (Fsp3) is 0.278. The van der Waals surface area contributed by atoms with E-state index in [4.69, 9.17) is 0 Å². The Morgan fingerprint density at radius 1 is 0.909 bits per heavy atom. The van der Waals surface area contributed by atoms with Crippen molar-refractivity contribution in [2.75, 3.05) is 18.1 Å². The van der Waals surface area contributed by atoms with E-state index < -0.39 is 0 Å². The van der Waals surface area contributed by atoms with Gasteiger partial charge < -0.3 is 10.1 Å². The molecule has 1 fully saturated rings. The lowest BCUT2D eigenvalue weighted by Crippen LogP contribution is -2.39. The van der Waals surface area contributed by atoms with Crippen molar-refractivity contribution in [3.63, 3.8) is 0 Å². The van der Waals surface area contributed by atoms with Crippen molar-refractivity contribution in [3.05, 3.63) is 48.7 Å². The molecule has 1 saturated heterocycles. The van der Waals surface area contributed by atoms with Gasteiger partial charge in [-0.1, -0.05) is 18.2 Å². The summed E-state index contributed by atoms with van der Waals surface area (Å²) in [6.07, 6.45) is 5.43. The van der Waals surface area contributed by atoms with Gasteiger partial charge in [0.15, 0.2) is 5.75 Å². The number of rotatable bonds is 2. The number of hydrogen-bond donors (Lipinski definition) is 1. The molecule has 22 heavy (non-hydrogen) atoms. The monoisotopic (exact) mass is 293 g/mol. The Balaban J connectivity index is 1.99. The van der Waals surface area contributed by atoms with E-state index in [0.29, 0.717) is 5.75 Å². The fourth-order valence-corrected chi connectivity index (χ4v) is 3.31. The molecule has 0 radical (unpaired) electrons. The van der Waals surface area contributed by atoms with Crippen molar-refractivity contribution in [2.24, 2.45) is 0 Å². The summed E-state index contributed by atoms with van der Waals surface area (Å²) in [5.74, 6) is 0.319. The Hall–Kier alpha value is -2.49. The predicted molar refractivity (Wildman–Crippen MR) is 88.6 cm³/mol. The molecule has 0 saturated carbocycles.